The van der Waals surface area contributed by atoms with Crippen LogP contribution in [-0.2, 0) is 9.59 Å². The average Bonchev–Trinajstić information content (AvgIpc) is 2.60. The first kappa shape index (κ1) is 12.9. The molecule has 0 radical (unpaired) electrons. The molecule has 1 aliphatic rings. The van der Waals surface area contributed by atoms with Gasteiger partial charge >= 0.3 is 5.97 Å². The Morgan fingerprint density at radius 2 is 2.11 bits per heavy atom. The lowest BCUT2D eigenvalue weighted by molar-refractivity contribution is -0.132. The molecule has 19 heavy (non-hydrogen) atoms. The van der Waals surface area contributed by atoms with Gasteiger partial charge in [0.25, 0.3) is 11.7 Å². The van der Waals surface area contributed by atoms with Gasteiger partial charge in [0, 0.05) is 12.1 Å². The van der Waals surface area contributed by atoms with Crippen molar-refractivity contribution in [2.75, 3.05) is 11.4 Å². The van der Waals surface area contributed by atoms with Crippen molar-refractivity contribution in [1.29, 1.82) is 0 Å². The Morgan fingerprint density at radius 1 is 1.42 bits per heavy atom. The predicted octanol–water partition coefficient (Wildman–Crippen LogP) is 1.39. The topological polar surface area (TPSA) is 74.7 Å². The zero-order valence-corrected chi connectivity index (χ0v) is 10.0. The van der Waals surface area contributed by atoms with E-state index in [1.165, 1.54) is 19.1 Å². The van der Waals surface area contributed by atoms with E-state index >= 15 is 0 Å². The Hall–Kier alpha value is -2.50. The summed E-state index contributed by atoms with van der Waals surface area (Å²) in [6.45, 7) is 1.34. The number of carbonyl (C=O) groups is 3. The fourth-order valence-electron chi connectivity index (χ4n) is 1.77. The normalized spacial score (nSPS) is 14.8. The van der Waals surface area contributed by atoms with Crippen LogP contribution in [0.3, 0.4) is 0 Å². The molecule has 1 N–H and O–H groups in total. The van der Waals surface area contributed by atoms with Gasteiger partial charge in [-0.05, 0) is 25.1 Å². The minimum absolute atomic E-state index is 0.00591. The molecule has 0 saturated carbocycles. The first-order chi connectivity index (χ1) is 8.91. The fourth-order valence-corrected chi connectivity index (χ4v) is 1.77. The standard InChI is InChI=1S/C13H10FNO4/c1-7(13(18)19)4-5-15-10-3-2-8(14)6-9(10)11(16)12(15)17/h2-4,6H,5H2,1H3,(H,18,19). The van der Waals surface area contributed by atoms with Crippen LogP contribution in [0.25, 0.3) is 0 Å². The maximum atomic E-state index is 13.0. The Kier molecular flexibility index (Phi) is 3.16. The third-order valence-electron chi connectivity index (χ3n) is 2.85. The second kappa shape index (κ2) is 4.64. The van der Waals surface area contributed by atoms with Gasteiger partial charge < -0.3 is 10.0 Å². The van der Waals surface area contributed by atoms with Gasteiger partial charge in [0.15, 0.2) is 0 Å². The minimum Gasteiger partial charge on any atom is -0.478 e. The van der Waals surface area contributed by atoms with E-state index in [1.807, 2.05) is 0 Å². The van der Waals surface area contributed by atoms with Crippen LogP contribution < -0.4 is 4.90 Å². The van der Waals surface area contributed by atoms with Crippen LogP contribution in [-0.4, -0.2) is 29.3 Å². The van der Waals surface area contributed by atoms with Crippen molar-refractivity contribution in [3.05, 3.63) is 41.2 Å². The van der Waals surface area contributed by atoms with E-state index in [1.54, 1.807) is 0 Å². The van der Waals surface area contributed by atoms with Crippen molar-refractivity contribution < 1.29 is 23.9 Å². The van der Waals surface area contributed by atoms with Gasteiger partial charge in [0.1, 0.15) is 5.82 Å². The molecule has 0 spiro atoms. The second-order valence-corrected chi connectivity index (χ2v) is 4.10. The SMILES string of the molecule is CC(=CCN1C(=O)C(=O)c2cc(F)ccc21)C(=O)O. The number of nitrogens with zero attached hydrogens (tertiary/aromatic N) is 1. The molecule has 6 heteroatoms. The summed E-state index contributed by atoms with van der Waals surface area (Å²) < 4.78 is 13.0. The van der Waals surface area contributed by atoms with Gasteiger partial charge in [-0.1, -0.05) is 6.08 Å². The van der Waals surface area contributed by atoms with Crippen LogP contribution in [0.15, 0.2) is 29.8 Å². The van der Waals surface area contributed by atoms with E-state index in [0.29, 0.717) is 5.69 Å². The molecule has 1 aromatic rings. The van der Waals surface area contributed by atoms with Crippen LogP contribution in [0.1, 0.15) is 17.3 Å². The summed E-state index contributed by atoms with van der Waals surface area (Å²) in [7, 11) is 0. The van der Waals surface area contributed by atoms with Crippen LogP contribution in [0.2, 0.25) is 0 Å². The lowest BCUT2D eigenvalue weighted by Crippen LogP contribution is -2.30. The number of anilines is 1. The van der Waals surface area contributed by atoms with E-state index in [2.05, 4.69) is 0 Å². The molecule has 1 aromatic carbocycles. The summed E-state index contributed by atoms with van der Waals surface area (Å²) in [5.41, 5.74) is 0.369. The summed E-state index contributed by atoms with van der Waals surface area (Å²) in [5.74, 6) is -3.26. The number of carboxylic acid groups (broad SMARTS) is 1. The smallest absolute Gasteiger partial charge is 0.331 e. The Morgan fingerprint density at radius 3 is 2.74 bits per heavy atom. The zero-order valence-electron chi connectivity index (χ0n) is 10.0. The number of rotatable bonds is 3. The van der Waals surface area contributed by atoms with E-state index < -0.39 is 23.5 Å². The first-order valence-corrected chi connectivity index (χ1v) is 5.47. The summed E-state index contributed by atoms with van der Waals surface area (Å²) in [6, 6.07) is 3.48. The molecule has 0 bridgehead atoms. The molecule has 98 valence electrons. The molecule has 0 fully saturated rings. The highest BCUT2D eigenvalue weighted by atomic mass is 19.1. The number of hydrogen-bond acceptors (Lipinski definition) is 3. The number of fused-ring (bicyclic) bond motifs is 1. The summed E-state index contributed by atoms with van der Waals surface area (Å²) in [5, 5.41) is 8.72. The van der Waals surface area contributed by atoms with Crippen molar-refractivity contribution in [3.8, 4) is 0 Å². The predicted molar refractivity (Wildman–Crippen MR) is 64.5 cm³/mol. The van der Waals surface area contributed by atoms with Gasteiger partial charge in [0.2, 0.25) is 0 Å². The number of carbonyl (C=O) groups excluding carboxylic acids is 2. The summed E-state index contributed by atoms with van der Waals surface area (Å²) in [6.07, 6.45) is 1.33. The fraction of sp³-hybridized carbons (Fsp3) is 0.154. The highest BCUT2D eigenvalue weighted by molar-refractivity contribution is 6.52. The summed E-state index contributed by atoms with van der Waals surface area (Å²) in [4.78, 5) is 35.2. The molecule has 0 unspecified atom stereocenters. The van der Waals surface area contributed by atoms with Crippen molar-refractivity contribution in [2.45, 2.75) is 6.92 Å². The van der Waals surface area contributed by atoms with E-state index in [9.17, 15) is 18.8 Å². The minimum atomic E-state index is -1.10. The highest BCUT2D eigenvalue weighted by Crippen LogP contribution is 2.29. The monoisotopic (exact) mass is 263 g/mol. The third kappa shape index (κ3) is 2.24. The molecule has 0 aliphatic carbocycles. The number of Topliss-reactive ketones (excluding diaryl/α,β-unsaturated/α-hetero) is 1. The van der Waals surface area contributed by atoms with E-state index in [-0.39, 0.29) is 17.7 Å². The molecule has 0 saturated heterocycles. The lowest BCUT2D eigenvalue weighted by atomic mass is 10.1. The number of aliphatic carboxylic acids is 1. The maximum Gasteiger partial charge on any atom is 0.331 e. The largest absolute Gasteiger partial charge is 0.478 e. The van der Waals surface area contributed by atoms with Crippen molar-refractivity contribution in [2.24, 2.45) is 0 Å². The maximum absolute atomic E-state index is 13.0. The third-order valence-corrected chi connectivity index (χ3v) is 2.85. The Balaban J connectivity index is 2.34. The van der Waals surface area contributed by atoms with Crippen LogP contribution in [0, 0.1) is 5.82 Å². The molecule has 2 rings (SSSR count). The average molecular weight is 263 g/mol. The van der Waals surface area contributed by atoms with E-state index in [0.717, 1.165) is 17.0 Å². The van der Waals surface area contributed by atoms with Crippen molar-refractivity contribution >= 4 is 23.3 Å². The van der Waals surface area contributed by atoms with Gasteiger partial charge in [-0.3, -0.25) is 9.59 Å². The molecular formula is C13H10FNO4. The highest BCUT2D eigenvalue weighted by Gasteiger charge is 2.35. The number of benzene rings is 1. The van der Waals surface area contributed by atoms with Crippen LogP contribution in [0.5, 0.6) is 0 Å². The van der Waals surface area contributed by atoms with Gasteiger partial charge in [0.05, 0.1) is 11.3 Å². The quantitative estimate of drug-likeness (QED) is 0.660. The van der Waals surface area contributed by atoms with Crippen molar-refractivity contribution in [3.63, 3.8) is 0 Å². The zero-order chi connectivity index (χ0) is 14.2. The molecule has 1 aliphatic heterocycles. The Labute approximate surface area is 107 Å². The second-order valence-electron chi connectivity index (χ2n) is 4.10. The van der Waals surface area contributed by atoms with Crippen LogP contribution >= 0.6 is 0 Å². The van der Waals surface area contributed by atoms with Gasteiger partial charge in [-0.15, -0.1) is 0 Å². The number of amides is 1. The molecule has 1 heterocycles. The lowest BCUT2D eigenvalue weighted by Gasteiger charge is -2.14. The van der Waals surface area contributed by atoms with E-state index in [4.69, 9.17) is 5.11 Å². The molecular weight excluding hydrogens is 253 g/mol. The number of ketones is 1. The number of hydrogen-bond donors (Lipinski definition) is 1. The molecule has 1 amide bonds. The molecule has 0 aromatic heterocycles. The Bertz CT molecular complexity index is 621. The van der Waals surface area contributed by atoms with Crippen LogP contribution in [0.4, 0.5) is 10.1 Å². The summed E-state index contributed by atoms with van der Waals surface area (Å²) >= 11 is 0. The number of carboxylic acids is 1. The number of halogens is 1. The molecule has 0 atom stereocenters. The van der Waals surface area contributed by atoms with Gasteiger partial charge in [-0.2, -0.15) is 0 Å². The molecule has 5 nitrogen and oxygen atoms in total. The van der Waals surface area contributed by atoms with Gasteiger partial charge in [-0.25, -0.2) is 9.18 Å². The van der Waals surface area contributed by atoms with Crippen molar-refractivity contribution in [1.82, 2.24) is 0 Å². The first-order valence-electron chi connectivity index (χ1n) is 5.47.